The fourth-order valence-corrected chi connectivity index (χ4v) is 3.26. The summed E-state index contributed by atoms with van der Waals surface area (Å²) in [6.45, 7) is 9.62. The van der Waals surface area contributed by atoms with Gasteiger partial charge in [0.25, 0.3) is 0 Å². The van der Waals surface area contributed by atoms with E-state index in [0.717, 1.165) is 23.3 Å². The van der Waals surface area contributed by atoms with Gasteiger partial charge in [0, 0.05) is 6.04 Å². The van der Waals surface area contributed by atoms with Crippen LogP contribution in [0.3, 0.4) is 0 Å². The number of nitrogens with zero attached hydrogens (tertiary/aromatic N) is 2. The molecule has 0 fully saturated rings. The smallest absolute Gasteiger partial charge is 0.408 e. The molecule has 0 bridgehead atoms. The fraction of sp³-hybridized carbons (Fsp3) is 0.583. The van der Waals surface area contributed by atoms with E-state index >= 15 is 0 Å². The van der Waals surface area contributed by atoms with Gasteiger partial charge in [0.1, 0.15) is 24.2 Å². The van der Waals surface area contributed by atoms with Crippen LogP contribution in [0.5, 0.6) is 0 Å². The SMILES string of the molecule is CCCC(C)NC(=O)C(c1ccc(C)cc1)N(CC#N)C(=O)C(CO)NC(=O)OC(C)(C)C. The highest BCUT2D eigenvalue weighted by Crippen LogP contribution is 2.23. The molecule has 33 heavy (non-hydrogen) atoms. The van der Waals surface area contributed by atoms with Gasteiger partial charge < -0.3 is 25.4 Å². The summed E-state index contributed by atoms with van der Waals surface area (Å²) in [6.07, 6.45) is 0.724. The minimum absolute atomic E-state index is 0.136. The van der Waals surface area contributed by atoms with Crippen molar-refractivity contribution < 1.29 is 24.2 Å². The van der Waals surface area contributed by atoms with Crippen molar-refractivity contribution in [2.75, 3.05) is 13.2 Å². The first-order chi connectivity index (χ1) is 15.4. The van der Waals surface area contributed by atoms with Crippen molar-refractivity contribution in [2.45, 2.75) is 78.1 Å². The maximum absolute atomic E-state index is 13.3. The molecule has 1 rings (SSSR count). The van der Waals surface area contributed by atoms with Gasteiger partial charge in [-0.05, 0) is 46.6 Å². The normalized spacial score (nSPS) is 13.8. The van der Waals surface area contributed by atoms with Gasteiger partial charge in [0.2, 0.25) is 11.8 Å². The maximum Gasteiger partial charge on any atom is 0.408 e. The van der Waals surface area contributed by atoms with Crippen molar-refractivity contribution in [3.05, 3.63) is 35.4 Å². The molecule has 3 amide bonds. The second-order valence-corrected chi connectivity index (χ2v) is 9.02. The number of hydrogen-bond acceptors (Lipinski definition) is 6. The summed E-state index contributed by atoms with van der Waals surface area (Å²) in [5.74, 6) is -1.22. The molecule has 0 heterocycles. The van der Waals surface area contributed by atoms with Crippen LogP contribution in [0.25, 0.3) is 0 Å². The number of nitriles is 1. The molecule has 0 saturated carbocycles. The minimum atomic E-state index is -1.39. The highest BCUT2D eigenvalue weighted by molar-refractivity contribution is 5.92. The number of aliphatic hydroxyl groups excluding tert-OH is 1. The van der Waals surface area contributed by atoms with Crippen molar-refractivity contribution in [1.82, 2.24) is 15.5 Å². The summed E-state index contributed by atoms with van der Waals surface area (Å²) < 4.78 is 5.17. The largest absolute Gasteiger partial charge is 0.444 e. The van der Waals surface area contributed by atoms with Crippen LogP contribution in [-0.2, 0) is 14.3 Å². The fourth-order valence-electron chi connectivity index (χ4n) is 3.26. The van der Waals surface area contributed by atoms with E-state index < -0.39 is 48.7 Å². The van der Waals surface area contributed by atoms with Gasteiger partial charge >= 0.3 is 6.09 Å². The molecular weight excluding hydrogens is 424 g/mol. The van der Waals surface area contributed by atoms with Crippen LogP contribution < -0.4 is 10.6 Å². The first-order valence-electron chi connectivity index (χ1n) is 11.1. The lowest BCUT2D eigenvalue weighted by Crippen LogP contribution is -2.55. The van der Waals surface area contributed by atoms with Crippen molar-refractivity contribution in [1.29, 1.82) is 5.26 Å². The zero-order valence-electron chi connectivity index (χ0n) is 20.3. The number of hydrogen-bond donors (Lipinski definition) is 3. The van der Waals surface area contributed by atoms with Crippen LogP contribution in [0, 0.1) is 18.3 Å². The van der Waals surface area contributed by atoms with E-state index in [1.54, 1.807) is 32.9 Å². The Bertz CT molecular complexity index is 842. The Balaban J connectivity index is 3.31. The molecule has 3 unspecified atom stereocenters. The third-order valence-electron chi connectivity index (χ3n) is 4.76. The van der Waals surface area contributed by atoms with Crippen LogP contribution >= 0.6 is 0 Å². The van der Waals surface area contributed by atoms with E-state index in [1.807, 2.05) is 39.0 Å². The molecule has 3 atom stereocenters. The molecule has 0 aliphatic carbocycles. The maximum atomic E-state index is 13.3. The van der Waals surface area contributed by atoms with Crippen LogP contribution in [0.2, 0.25) is 0 Å². The van der Waals surface area contributed by atoms with E-state index in [-0.39, 0.29) is 6.04 Å². The van der Waals surface area contributed by atoms with Gasteiger partial charge in [-0.3, -0.25) is 9.59 Å². The molecular formula is C24H36N4O5. The van der Waals surface area contributed by atoms with Crippen LogP contribution in [0.1, 0.15) is 64.6 Å². The van der Waals surface area contributed by atoms with E-state index in [2.05, 4.69) is 10.6 Å². The third kappa shape index (κ3) is 9.10. The molecule has 0 spiro atoms. The van der Waals surface area contributed by atoms with Crippen LogP contribution in [-0.4, -0.2) is 58.8 Å². The van der Waals surface area contributed by atoms with E-state index in [1.165, 1.54) is 0 Å². The number of carbonyl (C=O) groups is 3. The van der Waals surface area contributed by atoms with Gasteiger partial charge in [0.05, 0.1) is 12.7 Å². The molecule has 1 aromatic carbocycles. The second-order valence-electron chi connectivity index (χ2n) is 9.02. The van der Waals surface area contributed by atoms with Crippen molar-refractivity contribution in [3.8, 4) is 6.07 Å². The summed E-state index contributed by atoms with van der Waals surface area (Å²) in [5, 5.41) is 24.4. The monoisotopic (exact) mass is 460 g/mol. The minimum Gasteiger partial charge on any atom is -0.444 e. The standard InChI is InChI=1S/C24H36N4O5/c1-7-8-17(3)26-21(30)20(18-11-9-16(2)10-12-18)28(14-13-25)22(31)19(15-29)27-23(32)33-24(4,5)6/h9-12,17,19-20,29H,7-8,14-15H2,1-6H3,(H,26,30)(H,27,32). The number of nitrogens with one attached hydrogen (secondary N) is 2. The summed E-state index contributed by atoms with van der Waals surface area (Å²) in [7, 11) is 0. The number of carbonyl (C=O) groups excluding carboxylic acids is 3. The number of amides is 3. The summed E-state index contributed by atoms with van der Waals surface area (Å²) in [4.78, 5) is 39.8. The number of benzene rings is 1. The van der Waals surface area contributed by atoms with Crippen molar-refractivity contribution in [3.63, 3.8) is 0 Å². The Labute approximate surface area is 196 Å². The summed E-state index contributed by atoms with van der Waals surface area (Å²) in [6, 6.07) is 6.33. The average molecular weight is 461 g/mol. The van der Waals surface area contributed by atoms with Crippen LogP contribution in [0.15, 0.2) is 24.3 Å². The van der Waals surface area contributed by atoms with Gasteiger partial charge in [-0.1, -0.05) is 43.2 Å². The first-order valence-corrected chi connectivity index (χ1v) is 11.1. The Morgan fingerprint density at radius 3 is 2.27 bits per heavy atom. The Morgan fingerprint density at radius 1 is 1.18 bits per heavy atom. The van der Waals surface area contributed by atoms with E-state index in [4.69, 9.17) is 4.74 Å². The average Bonchev–Trinajstić information content (AvgIpc) is 2.71. The highest BCUT2D eigenvalue weighted by atomic mass is 16.6. The van der Waals surface area contributed by atoms with Crippen molar-refractivity contribution >= 4 is 17.9 Å². The van der Waals surface area contributed by atoms with Gasteiger partial charge in [-0.25, -0.2) is 4.79 Å². The molecule has 9 nitrogen and oxygen atoms in total. The third-order valence-corrected chi connectivity index (χ3v) is 4.76. The molecule has 0 radical (unpaired) electrons. The number of aryl methyl sites for hydroxylation is 1. The van der Waals surface area contributed by atoms with Crippen molar-refractivity contribution in [2.24, 2.45) is 0 Å². The molecule has 0 aliphatic rings. The predicted octanol–water partition coefficient (Wildman–Crippen LogP) is 2.58. The molecule has 9 heteroatoms. The lowest BCUT2D eigenvalue weighted by atomic mass is 10.0. The zero-order chi connectivity index (χ0) is 25.2. The van der Waals surface area contributed by atoms with Gasteiger partial charge in [-0.2, -0.15) is 5.26 Å². The molecule has 3 N–H and O–H groups in total. The van der Waals surface area contributed by atoms with E-state index in [9.17, 15) is 24.8 Å². The number of rotatable bonds is 10. The van der Waals surface area contributed by atoms with Gasteiger partial charge in [-0.15, -0.1) is 0 Å². The zero-order valence-corrected chi connectivity index (χ0v) is 20.3. The quantitative estimate of drug-likeness (QED) is 0.460. The molecule has 0 aliphatic heterocycles. The molecule has 0 aromatic heterocycles. The number of aliphatic hydroxyl groups is 1. The first kappa shape index (κ1) is 27.9. The Hall–Kier alpha value is -3.12. The highest BCUT2D eigenvalue weighted by Gasteiger charge is 2.36. The topological polar surface area (TPSA) is 132 Å². The molecule has 1 aromatic rings. The lowest BCUT2D eigenvalue weighted by molar-refractivity contribution is -0.142. The molecule has 182 valence electrons. The summed E-state index contributed by atoms with van der Waals surface area (Å²) in [5.41, 5.74) is 0.675. The molecule has 0 saturated heterocycles. The predicted molar refractivity (Wildman–Crippen MR) is 124 cm³/mol. The van der Waals surface area contributed by atoms with Crippen LogP contribution in [0.4, 0.5) is 4.79 Å². The Morgan fingerprint density at radius 2 is 1.79 bits per heavy atom. The Kier molecular flexibility index (Phi) is 10.8. The summed E-state index contributed by atoms with van der Waals surface area (Å²) >= 11 is 0. The number of ether oxygens (including phenoxy) is 1. The van der Waals surface area contributed by atoms with Gasteiger partial charge in [0.15, 0.2) is 0 Å². The second kappa shape index (κ2) is 12.8. The number of alkyl carbamates (subject to hydrolysis) is 1. The van der Waals surface area contributed by atoms with E-state index in [0.29, 0.717) is 5.56 Å². The lowest BCUT2D eigenvalue weighted by Gasteiger charge is -2.33.